The van der Waals surface area contributed by atoms with Gasteiger partial charge < -0.3 is 10.5 Å². The SMILES string of the molecule is CCOC(C(C)C)C(N)Cc1c(Cl)c(CC)nn1CC. The molecule has 20 heavy (non-hydrogen) atoms. The summed E-state index contributed by atoms with van der Waals surface area (Å²) >= 11 is 6.43. The van der Waals surface area contributed by atoms with Gasteiger partial charge in [-0.3, -0.25) is 4.68 Å². The van der Waals surface area contributed by atoms with Crippen LogP contribution in [-0.2, 0) is 24.1 Å². The van der Waals surface area contributed by atoms with E-state index in [-0.39, 0.29) is 12.1 Å². The van der Waals surface area contributed by atoms with Crippen molar-refractivity contribution < 1.29 is 4.74 Å². The molecule has 4 nitrogen and oxygen atoms in total. The molecule has 0 amide bonds. The van der Waals surface area contributed by atoms with Gasteiger partial charge in [-0.2, -0.15) is 5.10 Å². The molecule has 5 heteroatoms. The summed E-state index contributed by atoms with van der Waals surface area (Å²) in [5, 5.41) is 5.31. The minimum Gasteiger partial charge on any atom is -0.377 e. The van der Waals surface area contributed by atoms with Gasteiger partial charge in [-0.1, -0.05) is 32.4 Å². The molecule has 0 fully saturated rings. The third-order valence-corrected chi connectivity index (χ3v) is 4.00. The lowest BCUT2D eigenvalue weighted by Crippen LogP contribution is -2.42. The third-order valence-electron chi connectivity index (χ3n) is 3.56. The maximum Gasteiger partial charge on any atom is 0.0850 e. The van der Waals surface area contributed by atoms with Crippen LogP contribution in [0.2, 0.25) is 5.02 Å². The van der Waals surface area contributed by atoms with Gasteiger partial charge in [0.25, 0.3) is 0 Å². The number of hydrogen-bond donors (Lipinski definition) is 1. The van der Waals surface area contributed by atoms with Gasteiger partial charge in [-0.05, 0) is 26.2 Å². The van der Waals surface area contributed by atoms with E-state index in [1.807, 2.05) is 11.6 Å². The highest BCUT2D eigenvalue weighted by Crippen LogP contribution is 2.24. The molecular formula is C15H28ClN3O. The Morgan fingerprint density at radius 1 is 1.30 bits per heavy atom. The van der Waals surface area contributed by atoms with Gasteiger partial charge >= 0.3 is 0 Å². The van der Waals surface area contributed by atoms with E-state index < -0.39 is 0 Å². The molecule has 0 aliphatic heterocycles. The molecule has 116 valence electrons. The van der Waals surface area contributed by atoms with Crippen LogP contribution in [-0.4, -0.2) is 28.5 Å². The summed E-state index contributed by atoms with van der Waals surface area (Å²) in [6.45, 7) is 11.9. The topological polar surface area (TPSA) is 53.1 Å². The van der Waals surface area contributed by atoms with Crippen molar-refractivity contribution >= 4 is 11.6 Å². The van der Waals surface area contributed by atoms with Crippen LogP contribution < -0.4 is 5.73 Å². The third kappa shape index (κ3) is 3.96. The van der Waals surface area contributed by atoms with Crippen molar-refractivity contribution in [2.45, 2.75) is 66.2 Å². The average molecular weight is 302 g/mol. The summed E-state index contributed by atoms with van der Waals surface area (Å²) in [4.78, 5) is 0. The standard InChI is InChI=1S/C15H28ClN3O/c1-6-12-14(16)13(19(7-2)18-12)9-11(17)15(10(4)5)20-8-3/h10-11,15H,6-9,17H2,1-5H3. The predicted octanol–water partition coefficient (Wildman–Crippen LogP) is 3.05. The molecule has 1 heterocycles. The fourth-order valence-electron chi connectivity index (χ4n) is 2.55. The first kappa shape index (κ1) is 17.5. The smallest absolute Gasteiger partial charge is 0.0850 e. The minimum absolute atomic E-state index is 0.0429. The Morgan fingerprint density at radius 2 is 1.95 bits per heavy atom. The quantitative estimate of drug-likeness (QED) is 0.803. The van der Waals surface area contributed by atoms with Gasteiger partial charge in [-0.15, -0.1) is 0 Å². The first-order chi connectivity index (χ1) is 9.46. The number of ether oxygens (including phenoxy) is 1. The summed E-state index contributed by atoms with van der Waals surface area (Å²) in [6.07, 6.45) is 1.58. The van der Waals surface area contributed by atoms with Crippen molar-refractivity contribution in [2.24, 2.45) is 11.7 Å². The monoisotopic (exact) mass is 301 g/mol. The van der Waals surface area contributed by atoms with Crippen LogP contribution in [0.1, 0.15) is 46.0 Å². The van der Waals surface area contributed by atoms with Gasteiger partial charge in [0.05, 0.1) is 22.5 Å². The second-order valence-electron chi connectivity index (χ2n) is 5.41. The average Bonchev–Trinajstić information content (AvgIpc) is 2.72. The van der Waals surface area contributed by atoms with Crippen LogP contribution in [0.25, 0.3) is 0 Å². The molecule has 2 N–H and O–H groups in total. The summed E-state index contributed by atoms with van der Waals surface area (Å²) in [7, 11) is 0. The lowest BCUT2D eigenvalue weighted by atomic mass is 9.96. The maximum absolute atomic E-state index is 6.43. The van der Waals surface area contributed by atoms with Gasteiger partial charge in [-0.25, -0.2) is 0 Å². The first-order valence-electron chi connectivity index (χ1n) is 7.57. The number of aromatic nitrogens is 2. The zero-order chi connectivity index (χ0) is 15.3. The lowest BCUT2D eigenvalue weighted by molar-refractivity contribution is 0.0124. The molecule has 1 aromatic rings. The Labute approximate surface area is 127 Å². The maximum atomic E-state index is 6.43. The summed E-state index contributed by atoms with van der Waals surface area (Å²) < 4.78 is 7.75. The molecule has 0 aromatic carbocycles. The molecule has 0 radical (unpaired) electrons. The summed E-state index contributed by atoms with van der Waals surface area (Å²) in [5.74, 6) is 0.382. The number of halogens is 1. The zero-order valence-corrected chi connectivity index (χ0v) is 14.1. The molecule has 0 aliphatic carbocycles. The van der Waals surface area contributed by atoms with Crippen molar-refractivity contribution in [1.29, 1.82) is 0 Å². The van der Waals surface area contributed by atoms with E-state index in [1.165, 1.54) is 0 Å². The highest BCUT2D eigenvalue weighted by Gasteiger charge is 2.25. The highest BCUT2D eigenvalue weighted by atomic mass is 35.5. The fraction of sp³-hybridized carbons (Fsp3) is 0.800. The zero-order valence-electron chi connectivity index (χ0n) is 13.3. The van der Waals surface area contributed by atoms with Gasteiger partial charge in [0.1, 0.15) is 0 Å². The molecule has 0 bridgehead atoms. The van der Waals surface area contributed by atoms with Gasteiger partial charge in [0.15, 0.2) is 0 Å². The van der Waals surface area contributed by atoms with Crippen LogP contribution in [0.4, 0.5) is 0 Å². The number of hydrogen-bond acceptors (Lipinski definition) is 3. The fourth-order valence-corrected chi connectivity index (χ4v) is 2.90. The van der Waals surface area contributed by atoms with Gasteiger partial charge in [0, 0.05) is 25.6 Å². The van der Waals surface area contributed by atoms with E-state index in [4.69, 9.17) is 22.1 Å². The van der Waals surface area contributed by atoms with Crippen molar-refractivity contribution in [2.75, 3.05) is 6.61 Å². The molecular weight excluding hydrogens is 274 g/mol. The van der Waals surface area contributed by atoms with Crippen molar-refractivity contribution in [3.8, 4) is 0 Å². The van der Waals surface area contributed by atoms with E-state index in [9.17, 15) is 0 Å². The van der Waals surface area contributed by atoms with Crippen LogP contribution >= 0.6 is 11.6 Å². The Kier molecular flexibility index (Phi) is 7.00. The highest BCUT2D eigenvalue weighted by molar-refractivity contribution is 6.31. The predicted molar refractivity (Wildman–Crippen MR) is 84.2 cm³/mol. The minimum atomic E-state index is -0.0702. The molecule has 2 atom stereocenters. The largest absolute Gasteiger partial charge is 0.377 e. The Morgan fingerprint density at radius 3 is 2.40 bits per heavy atom. The number of rotatable bonds is 8. The Bertz CT molecular complexity index is 417. The van der Waals surface area contributed by atoms with E-state index in [0.717, 1.165) is 29.4 Å². The normalized spacial score (nSPS) is 14.8. The van der Waals surface area contributed by atoms with Crippen LogP contribution in [0, 0.1) is 5.92 Å². The summed E-state index contributed by atoms with van der Waals surface area (Å²) in [6, 6.07) is -0.0702. The van der Waals surface area contributed by atoms with Crippen LogP contribution in [0.5, 0.6) is 0 Å². The number of nitrogens with two attached hydrogens (primary N) is 1. The first-order valence-corrected chi connectivity index (χ1v) is 7.95. The summed E-state index contributed by atoms with van der Waals surface area (Å²) in [5.41, 5.74) is 8.34. The molecule has 2 unspecified atom stereocenters. The number of aryl methyl sites for hydroxylation is 2. The van der Waals surface area contributed by atoms with Gasteiger partial charge in [0.2, 0.25) is 0 Å². The van der Waals surface area contributed by atoms with Crippen molar-refractivity contribution in [1.82, 2.24) is 9.78 Å². The van der Waals surface area contributed by atoms with E-state index in [1.54, 1.807) is 0 Å². The van der Waals surface area contributed by atoms with E-state index in [2.05, 4.69) is 32.8 Å². The van der Waals surface area contributed by atoms with E-state index in [0.29, 0.717) is 18.9 Å². The van der Waals surface area contributed by atoms with Crippen molar-refractivity contribution in [3.05, 3.63) is 16.4 Å². The molecule has 0 saturated carbocycles. The van der Waals surface area contributed by atoms with E-state index >= 15 is 0 Å². The Hall–Kier alpha value is -0.580. The molecule has 0 saturated heterocycles. The molecule has 1 aromatic heterocycles. The van der Waals surface area contributed by atoms with Crippen molar-refractivity contribution in [3.63, 3.8) is 0 Å². The second-order valence-corrected chi connectivity index (χ2v) is 5.79. The van der Waals surface area contributed by atoms with Crippen LogP contribution in [0.3, 0.4) is 0 Å². The van der Waals surface area contributed by atoms with Crippen LogP contribution in [0.15, 0.2) is 0 Å². The second kappa shape index (κ2) is 8.01. The molecule has 0 aliphatic rings. The Balaban J connectivity index is 2.93. The number of nitrogens with zero attached hydrogens (tertiary/aromatic N) is 2. The lowest BCUT2D eigenvalue weighted by Gasteiger charge is -2.27. The molecule has 1 rings (SSSR count). The molecule has 0 spiro atoms.